The Kier molecular flexibility index (Phi) is 6.38. The molecule has 3 N–H and O–H groups in total. The molecule has 0 saturated heterocycles. The number of carboxylic acids is 1. The summed E-state index contributed by atoms with van der Waals surface area (Å²) < 4.78 is 4.82. The molecule has 0 aliphatic rings. The summed E-state index contributed by atoms with van der Waals surface area (Å²) in [5.74, 6) is -1.75. The summed E-state index contributed by atoms with van der Waals surface area (Å²) in [5.41, 5.74) is -0.0407. The second-order valence-corrected chi connectivity index (χ2v) is 4.99. The van der Waals surface area contributed by atoms with Crippen molar-refractivity contribution < 1.29 is 19.4 Å². The maximum atomic E-state index is 12.2. The van der Waals surface area contributed by atoms with E-state index in [1.807, 2.05) is 0 Å². The lowest BCUT2D eigenvalue weighted by Crippen LogP contribution is -2.42. The molecular formula is C12H17N3O5S. The van der Waals surface area contributed by atoms with Gasteiger partial charge in [0.25, 0.3) is 5.91 Å². The van der Waals surface area contributed by atoms with Crippen molar-refractivity contribution in [2.45, 2.75) is 24.4 Å². The molecule has 1 rings (SSSR count). The summed E-state index contributed by atoms with van der Waals surface area (Å²) in [6.07, 6.45) is 1.82. The van der Waals surface area contributed by atoms with E-state index in [1.54, 1.807) is 13.2 Å². The van der Waals surface area contributed by atoms with Crippen LogP contribution < -0.4 is 11.0 Å². The Morgan fingerprint density at radius 3 is 2.71 bits per heavy atom. The third-order valence-electron chi connectivity index (χ3n) is 2.72. The highest BCUT2D eigenvalue weighted by molar-refractivity contribution is 7.98. The number of carboxylic acid groups (broad SMARTS) is 1. The number of nitrogens with one attached hydrogen (secondary N) is 2. The van der Waals surface area contributed by atoms with Crippen molar-refractivity contribution in [2.24, 2.45) is 0 Å². The zero-order chi connectivity index (χ0) is 16.0. The molecule has 1 heterocycles. The van der Waals surface area contributed by atoms with E-state index in [4.69, 9.17) is 9.84 Å². The molecule has 1 atom stereocenters. The predicted octanol–water partition coefficient (Wildman–Crippen LogP) is 0.0197. The van der Waals surface area contributed by atoms with Gasteiger partial charge in [-0.25, -0.2) is 9.59 Å². The smallest absolute Gasteiger partial charge is 0.346 e. The number of nitrogens with zero attached hydrogens (tertiary/aromatic N) is 1. The zero-order valence-corrected chi connectivity index (χ0v) is 12.7. The molecule has 8 nitrogen and oxygen atoms in total. The predicted molar refractivity (Wildman–Crippen MR) is 76.8 cm³/mol. The van der Waals surface area contributed by atoms with Crippen molar-refractivity contribution in [3.8, 4) is 0 Å². The van der Waals surface area contributed by atoms with Crippen molar-refractivity contribution in [3.05, 3.63) is 21.7 Å². The summed E-state index contributed by atoms with van der Waals surface area (Å²) in [5, 5.41) is 11.7. The highest BCUT2D eigenvalue weighted by Crippen LogP contribution is 2.18. The first-order valence-electron chi connectivity index (χ1n) is 6.08. The van der Waals surface area contributed by atoms with E-state index in [1.165, 1.54) is 7.11 Å². The lowest BCUT2D eigenvalue weighted by molar-refractivity contribution is -0.139. The van der Waals surface area contributed by atoms with Gasteiger partial charge in [0.2, 0.25) is 0 Å². The molecule has 1 unspecified atom stereocenters. The number of hydrogen-bond donors (Lipinski definition) is 3. The second-order valence-electron chi connectivity index (χ2n) is 4.20. The summed E-state index contributed by atoms with van der Waals surface area (Å²) in [7, 11) is 1.45. The largest absolute Gasteiger partial charge is 0.480 e. The summed E-state index contributed by atoms with van der Waals surface area (Å²) in [4.78, 5) is 40.8. The number of carbonyl (C=O) groups is 2. The maximum absolute atomic E-state index is 12.2. The molecule has 1 aromatic heterocycles. The average molecular weight is 315 g/mol. The molecule has 0 aromatic carbocycles. The number of amides is 1. The number of aromatic nitrogens is 2. The van der Waals surface area contributed by atoms with Crippen LogP contribution in [-0.4, -0.2) is 53.0 Å². The minimum Gasteiger partial charge on any atom is -0.480 e. The van der Waals surface area contributed by atoms with Gasteiger partial charge in [-0.05, 0) is 13.2 Å². The number of H-pyrrole nitrogens is 1. The normalized spacial score (nSPS) is 12.0. The van der Waals surface area contributed by atoms with Crippen LogP contribution in [0.3, 0.4) is 0 Å². The van der Waals surface area contributed by atoms with Gasteiger partial charge < -0.3 is 20.1 Å². The SMILES string of the molecule is COCCC(NC(=O)c1c(SC)nc(=O)[nH]c1C)C(=O)O. The number of carbonyl (C=O) groups excluding carboxylic acids is 1. The average Bonchev–Trinajstić information content (AvgIpc) is 2.41. The monoisotopic (exact) mass is 315 g/mol. The summed E-state index contributed by atoms with van der Waals surface area (Å²) >= 11 is 1.14. The van der Waals surface area contributed by atoms with Gasteiger partial charge >= 0.3 is 11.7 Å². The number of rotatable bonds is 7. The number of hydrogen-bond acceptors (Lipinski definition) is 6. The number of ether oxygens (including phenoxy) is 1. The molecule has 9 heteroatoms. The molecule has 0 bridgehead atoms. The molecule has 0 radical (unpaired) electrons. The van der Waals surface area contributed by atoms with Gasteiger partial charge in [0.15, 0.2) is 0 Å². The fourth-order valence-corrected chi connectivity index (χ4v) is 2.32. The highest BCUT2D eigenvalue weighted by Gasteiger charge is 2.24. The third-order valence-corrected chi connectivity index (χ3v) is 3.40. The molecule has 0 fully saturated rings. The number of aliphatic carboxylic acids is 1. The van der Waals surface area contributed by atoms with Crippen LogP contribution in [0.5, 0.6) is 0 Å². The Hall–Kier alpha value is -1.87. The van der Waals surface area contributed by atoms with Gasteiger partial charge in [0.05, 0.1) is 5.56 Å². The van der Waals surface area contributed by atoms with E-state index in [2.05, 4.69) is 15.3 Å². The van der Waals surface area contributed by atoms with Crippen LogP contribution in [0.2, 0.25) is 0 Å². The first-order chi connectivity index (χ1) is 9.90. The van der Waals surface area contributed by atoms with E-state index in [-0.39, 0.29) is 23.6 Å². The van der Waals surface area contributed by atoms with Gasteiger partial charge in [0, 0.05) is 25.8 Å². The lowest BCUT2D eigenvalue weighted by Gasteiger charge is -2.15. The van der Waals surface area contributed by atoms with Crippen molar-refractivity contribution in [2.75, 3.05) is 20.0 Å². The van der Waals surface area contributed by atoms with E-state index in [0.29, 0.717) is 5.69 Å². The first-order valence-corrected chi connectivity index (χ1v) is 7.30. The fraction of sp³-hybridized carbons (Fsp3) is 0.500. The standard InChI is InChI=1S/C12H17N3O5S/c1-6-8(10(21-3)15-12(19)13-6)9(16)14-7(11(17)18)4-5-20-2/h7H,4-5H2,1-3H3,(H,14,16)(H,17,18)(H,13,15,19). The third kappa shape index (κ3) is 4.57. The van der Waals surface area contributed by atoms with Crippen LogP contribution in [0.1, 0.15) is 22.5 Å². The molecule has 1 amide bonds. The second kappa shape index (κ2) is 7.79. The Balaban J connectivity index is 3.02. The number of thioether (sulfide) groups is 1. The quantitative estimate of drug-likeness (QED) is 0.479. The first kappa shape index (κ1) is 17.2. The van der Waals surface area contributed by atoms with E-state index < -0.39 is 23.6 Å². The van der Waals surface area contributed by atoms with Gasteiger partial charge in [0.1, 0.15) is 11.1 Å². The maximum Gasteiger partial charge on any atom is 0.346 e. The van der Waals surface area contributed by atoms with Gasteiger partial charge in [-0.15, -0.1) is 11.8 Å². The number of aryl methyl sites for hydroxylation is 1. The lowest BCUT2D eigenvalue weighted by atomic mass is 10.1. The summed E-state index contributed by atoms with van der Waals surface area (Å²) in [6.45, 7) is 1.76. The number of methoxy groups -OCH3 is 1. The Morgan fingerprint density at radius 2 is 2.19 bits per heavy atom. The molecule has 0 aliphatic heterocycles. The number of aromatic amines is 1. The topological polar surface area (TPSA) is 121 Å². The molecule has 116 valence electrons. The molecule has 0 aliphatic carbocycles. The van der Waals surface area contributed by atoms with Crippen LogP contribution in [-0.2, 0) is 9.53 Å². The zero-order valence-electron chi connectivity index (χ0n) is 11.9. The Morgan fingerprint density at radius 1 is 1.52 bits per heavy atom. The van der Waals surface area contributed by atoms with Crippen LogP contribution >= 0.6 is 11.8 Å². The van der Waals surface area contributed by atoms with Crippen molar-refractivity contribution in [1.29, 1.82) is 0 Å². The minimum atomic E-state index is -1.15. The van der Waals surface area contributed by atoms with Gasteiger partial charge in [-0.3, -0.25) is 4.79 Å². The van der Waals surface area contributed by atoms with Gasteiger partial charge in [-0.1, -0.05) is 0 Å². The van der Waals surface area contributed by atoms with Crippen LogP contribution in [0.4, 0.5) is 0 Å². The Labute approximate surface area is 125 Å². The summed E-state index contributed by atoms with van der Waals surface area (Å²) in [6, 6.07) is -1.07. The van der Waals surface area contributed by atoms with Crippen molar-refractivity contribution in [3.63, 3.8) is 0 Å². The molecule has 0 saturated carbocycles. The van der Waals surface area contributed by atoms with Gasteiger partial charge in [-0.2, -0.15) is 4.98 Å². The van der Waals surface area contributed by atoms with Crippen LogP contribution in [0, 0.1) is 6.92 Å². The minimum absolute atomic E-state index is 0.141. The molecule has 21 heavy (non-hydrogen) atoms. The van der Waals surface area contributed by atoms with E-state index >= 15 is 0 Å². The fourth-order valence-electron chi connectivity index (χ4n) is 1.70. The van der Waals surface area contributed by atoms with Crippen LogP contribution in [0.25, 0.3) is 0 Å². The van der Waals surface area contributed by atoms with E-state index in [0.717, 1.165) is 11.8 Å². The Bertz CT molecular complexity index is 587. The molecule has 0 spiro atoms. The highest BCUT2D eigenvalue weighted by atomic mass is 32.2. The molecule has 1 aromatic rings. The van der Waals surface area contributed by atoms with Crippen LogP contribution in [0.15, 0.2) is 9.82 Å². The molecular weight excluding hydrogens is 298 g/mol. The van der Waals surface area contributed by atoms with E-state index in [9.17, 15) is 14.4 Å². The van der Waals surface area contributed by atoms with Crippen molar-refractivity contribution >= 4 is 23.6 Å². The van der Waals surface area contributed by atoms with Crippen molar-refractivity contribution in [1.82, 2.24) is 15.3 Å².